The van der Waals surface area contributed by atoms with E-state index in [1.807, 2.05) is 43.4 Å². The minimum Gasteiger partial charge on any atom is -0.314 e. The number of aldehydes is 1. The molecule has 0 fully saturated rings. The van der Waals surface area contributed by atoms with Crippen LogP contribution in [0.5, 0.6) is 0 Å². The molecule has 0 saturated heterocycles. The van der Waals surface area contributed by atoms with Crippen LogP contribution in [-0.2, 0) is 13.1 Å². The van der Waals surface area contributed by atoms with Crippen molar-refractivity contribution in [3.05, 3.63) is 53.3 Å². The number of nitrogens with zero attached hydrogens (tertiary/aromatic N) is 2. The predicted molar refractivity (Wildman–Crippen MR) is 65.9 cm³/mol. The Morgan fingerprint density at radius 1 is 1.35 bits per heavy atom. The number of hydrogen-bond acceptors (Lipinski definition) is 3. The van der Waals surface area contributed by atoms with E-state index in [1.54, 1.807) is 4.68 Å². The van der Waals surface area contributed by atoms with Crippen molar-refractivity contribution >= 4 is 6.29 Å². The van der Waals surface area contributed by atoms with E-state index in [0.717, 1.165) is 17.5 Å². The second-order valence-electron chi connectivity index (χ2n) is 3.85. The molecule has 0 aliphatic carbocycles. The molecule has 0 bridgehead atoms. The maximum absolute atomic E-state index is 11.0. The number of carbonyl (C=O) groups is 1. The third-order valence-electron chi connectivity index (χ3n) is 2.52. The average molecular weight is 229 g/mol. The quantitative estimate of drug-likeness (QED) is 0.790. The summed E-state index contributed by atoms with van der Waals surface area (Å²) in [6.07, 6.45) is 0.842. The van der Waals surface area contributed by atoms with E-state index in [2.05, 4.69) is 10.4 Å². The summed E-state index contributed by atoms with van der Waals surface area (Å²) >= 11 is 0. The van der Waals surface area contributed by atoms with Crippen molar-refractivity contribution in [3.63, 3.8) is 0 Å². The Kier molecular flexibility index (Phi) is 3.67. The smallest absolute Gasteiger partial charge is 0.168 e. The lowest BCUT2D eigenvalue weighted by atomic mass is 10.2. The van der Waals surface area contributed by atoms with Gasteiger partial charge in [-0.3, -0.25) is 9.48 Å². The Labute approximate surface area is 100 Å². The molecule has 1 N–H and O–H groups in total. The van der Waals surface area contributed by atoms with Crippen LogP contribution >= 0.6 is 0 Å². The first-order chi connectivity index (χ1) is 8.33. The molecular weight excluding hydrogens is 214 g/mol. The molecule has 0 spiro atoms. The summed E-state index contributed by atoms with van der Waals surface area (Å²) in [6, 6.07) is 11.8. The van der Waals surface area contributed by atoms with Gasteiger partial charge in [0.1, 0.15) is 5.69 Å². The number of aromatic nitrogens is 2. The summed E-state index contributed by atoms with van der Waals surface area (Å²) in [5.41, 5.74) is 2.62. The standard InChI is InChI=1S/C13H15N3O/c1-14-8-12-7-13(10-17)16(15-12)9-11-5-3-2-4-6-11/h2-7,10,14H,8-9H2,1H3. The second-order valence-corrected chi connectivity index (χ2v) is 3.85. The largest absolute Gasteiger partial charge is 0.314 e. The fraction of sp³-hybridized carbons (Fsp3) is 0.231. The van der Waals surface area contributed by atoms with Crippen molar-refractivity contribution in [2.45, 2.75) is 13.1 Å². The van der Waals surface area contributed by atoms with E-state index in [9.17, 15) is 4.79 Å². The molecule has 0 aliphatic rings. The van der Waals surface area contributed by atoms with Gasteiger partial charge in [-0.25, -0.2) is 0 Å². The van der Waals surface area contributed by atoms with Gasteiger partial charge >= 0.3 is 0 Å². The van der Waals surface area contributed by atoms with E-state index in [-0.39, 0.29) is 0 Å². The minimum atomic E-state index is 0.610. The van der Waals surface area contributed by atoms with Gasteiger partial charge in [0.25, 0.3) is 0 Å². The second kappa shape index (κ2) is 5.41. The molecule has 0 amide bonds. The van der Waals surface area contributed by atoms with Gasteiger partial charge in [-0.15, -0.1) is 0 Å². The van der Waals surface area contributed by atoms with Gasteiger partial charge in [0.15, 0.2) is 6.29 Å². The van der Waals surface area contributed by atoms with Crippen molar-refractivity contribution in [1.82, 2.24) is 15.1 Å². The van der Waals surface area contributed by atoms with Crippen LogP contribution in [0.15, 0.2) is 36.4 Å². The molecule has 0 atom stereocenters. The topological polar surface area (TPSA) is 46.9 Å². The highest BCUT2D eigenvalue weighted by Crippen LogP contribution is 2.07. The van der Waals surface area contributed by atoms with Crippen LogP contribution in [0.25, 0.3) is 0 Å². The van der Waals surface area contributed by atoms with Crippen LogP contribution in [0.1, 0.15) is 21.7 Å². The number of hydrogen-bond donors (Lipinski definition) is 1. The van der Waals surface area contributed by atoms with E-state index in [1.165, 1.54) is 0 Å². The van der Waals surface area contributed by atoms with E-state index >= 15 is 0 Å². The number of benzene rings is 1. The summed E-state index contributed by atoms with van der Waals surface area (Å²) in [5, 5.41) is 7.41. The third-order valence-corrected chi connectivity index (χ3v) is 2.52. The average Bonchev–Trinajstić information content (AvgIpc) is 2.73. The summed E-state index contributed by atoms with van der Waals surface area (Å²) in [5.74, 6) is 0. The molecule has 4 nitrogen and oxygen atoms in total. The maximum Gasteiger partial charge on any atom is 0.168 e. The van der Waals surface area contributed by atoms with Crippen LogP contribution in [0, 0.1) is 0 Å². The van der Waals surface area contributed by atoms with Crippen LogP contribution < -0.4 is 5.32 Å². The zero-order valence-corrected chi connectivity index (χ0v) is 9.76. The maximum atomic E-state index is 11.0. The van der Waals surface area contributed by atoms with E-state index < -0.39 is 0 Å². The van der Waals surface area contributed by atoms with Crippen molar-refractivity contribution in [1.29, 1.82) is 0 Å². The van der Waals surface area contributed by atoms with Gasteiger partial charge in [0.2, 0.25) is 0 Å². The molecule has 2 aromatic rings. The molecule has 0 aliphatic heterocycles. The van der Waals surface area contributed by atoms with Gasteiger partial charge in [0, 0.05) is 6.54 Å². The Balaban J connectivity index is 2.22. The number of carbonyl (C=O) groups excluding carboxylic acids is 1. The fourth-order valence-electron chi connectivity index (χ4n) is 1.73. The molecule has 1 aromatic carbocycles. The van der Waals surface area contributed by atoms with Gasteiger partial charge < -0.3 is 5.32 Å². The van der Waals surface area contributed by atoms with Crippen LogP contribution in [0.3, 0.4) is 0 Å². The first-order valence-corrected chi connectivity index (χ1v) is 5.54. The molecule has 2 rings (SSSR count). The Hall–Kier alpha value is -1.94. The molecular formula is C13H15N3O. The lowest BCUT2D eigenvalue weighted by Gasteiger charge is -2.03. The molecule has 1 aromatic heterocycles. The molecule has 1 heterocycles. The van der Waals surface area contributed by atoms with Gasteiger partial charge in [-0.05, 0) is 18.7 Å². The highest BCUT2D eigenvalue weighted by molar-refractivity contribution is 5.72. The molecule has 4 heteroatoms. The summed E-state index contributed by atoms with van der Waals surface area (Å²) in [6.45, 7) is 1.29. The first kappa shape index (κ1) is 11.5. The zero-order chi connectivity index (χ0) is 12.1. The molecule has 88 valence electrons. The van der Waals surface area contributed by atoms with E-state index in [4.69, 9.17) is 0 Å². The lowest BCUT2D eigenvalue weighted by Crippen LogP contribution is -2.08. The van der Waals surface area contributed by atoms with Crippen molar-refractivity contribution < 1.29 is 4.79 Å². The van der Waals surface area contributed by atoms with Crippen molar-refractivity contribution in [3.8, 4) is 0 Å². The normalized spacial score (nSPS) is 10.4. The van der Waals surface area contributed by atoms with Crippen LogP contribution in [0.4, 0.5) is 0 Å². The summed E-state index contributed by atoms with van der Waals surface area (Å²) < 4.78 is 1.73. The number of nitrogens with one attached hydrogen (secondary N) is 1. The number of rotatable bonds is 5. The van der Waals surface area contributed by atoms with Crippen molar-refractivity contribution in [2.24, 2.45) is 0 Å². The Morgan fingerprint density at radius 2 is 2.12 bits per heavy atom. The van der Waals surface area contributed by atoms with Gasteiger partial charge in [0.05, 0.1) is 12.2 Å². The molecule has 0 radical (unpaired) electrons. The highest BCUT2D eigenvalue weighted by atomic mass is 16.1. The van der Waals surface area contributed by atoms with Crippen molar-refractivity contribution in [2.75, 3.05) is 7.05 Å². The van der Waals surface area contributed by atoms with Crippen LogP contribution in [-0.4, -0.2) is 23.1 Å². The fourth-order valence-corrected chi connectivity index (χ4v) is 1.73. The first-order valence-electron chi connectivity index (χ1n) is 5.54. The third kappa shape index (κ3) is 2.79. The highest BCUT2D eigenvalue weighted by Gasteiger charge is 2.06. The minimum absolute atomic E-state index is 0.610. The lowest BCUT2D eigenvalue weighted by molar-refractivity contribution is 0.111. The molecule has 0 unspecified atom stereocenters. The molecule has 17 heavy (non-hydrogen) atoms. The molecule has 0 saturated carbocycles. The van der Waals surface area contributed by atoms with Gasteiger partial charge in [-0.1, -0.05) is 30.3 Å². The SMILES string of the molecule is CNCc1cc(C=O)n(Cc2ccccc2)n1. The van der Waals surface area contributed by atoms with Gasteiger partial charge in [-0.2, -0.15) is 5.10 Å². The predicted octanol–water partition coefficient (Wildman–Crippen LogP) is 1.46. The summed E-state index contributed by atoms with van der Waals surface area (Å²) in [4.78, 5) is 11.0. The zero-order valence-electron chi connectivity index (χ0n) is 9.76. The Bertz CT molecular complexity index is 491. The van der Waals surface area contributed by atoms with Crippen LogP contribution in [0.2, 0.25) is 0 Å². The van der Waals surface area contributed by atoms with E-state index in [0.29, 0.717) is 18.8 Å². The monoisotopic (exact) mass is 229 g/mol. The Morgan fingerprint density at radius 3 is 2.76 bits per heavy atom. The summed E-state index contributed by atoms with van der Waals surface area (Å²) in [7, 11) is 1.86.